The average molecular weight is 262 g/mol. The highest BCUT2D eigenvalue weighted by molar-refractivity contribution is 6.53. The van der Waals surface area contributed by atoms with Crippen LogP contribution in [0.4, 0.5) is 13.2 Å². The molecule has 0 radical (unpaired) electrons. The number of alkyl halides is 3. The van der Waals surface area contributed by atoms with Crippen LogP contribution < -0.4 is 0 Å². The maximum absolute atomic E-state index is 12.8. The van der Waals surface area contributed by atoms with Gasteiger partial charge in [0.25, 0.3) is 12.8 Å². The number of rotatable bonds is 9. The van der Waals surface area contributed by atoms with E-state index < -0.39 is 21.8 Å². The van der Waals surface area contributed by atoms with Crippen LogP contribution in [0.25, 0.3) is 0 Å². The molecule has 1 unspecified atom stereocenters. The van der Waals surface area contributed by atoms with Crippen LogP contribution in [0, 0.1) is 0 Å². The second-order valence-electron chi connectivity index (χ2n) is 2.60. The molecule has 0 amide bonds. The van der Waals surface area contributed by atoms with Gasteiger partial charge < -0.3 is 17.7 Å². The lowest BCUT2D eigenvalue weighted by atomic mass is 10.7. The first kappa shape index (κ1) is 15.8. The second-order valence-corrected chi connectivity index (χ2v) is 4.70. The Hall–Kier alpha value is -0.153. The molecule has 0 aliphatic carbocycles. The summed E-state index contributed by atoms with van der Waals surface area (Å²) in [5, 5.41) is 0. The standard InChI is InChI=1S/C8H17F3O4Si/c1-4-12-16(13-5-2,14-6-3)15-8(11)7(9)10/h7-8H,4-6H2,1-3H3. The molecule has 0 bridgehead atoms. The maximum Gasteiger partial charge on any atom is 0.682 e. The number of hydrogen-bond donors (Lipinski definition) is 0. The summed E-state index contributed by atoms with van der Waals surface area (Å²) in [5.74, 6) is 0. The lowest BCUT2D eigenvalue weighted by molar-refractivity contribution is -0.138. The highest BCUT2D eigenvalue weighted by Gasteiger charge is 2.49. The minimum absolute atomic E-state index is 0.127. The van der Waals surface area contributed by atoms with Crippen LogP contribution in [0.1, 0.15) is 20.8 Å². The molecule has 0 fully saturated rings. The Morgan fingerprint density at radius 2 is 1.25 bits per heavy atom. The zero-order chi connectivity index (χ0) is 12.6. The molecule has 4 nitrogen and oxygen atoms in total. The van der Waals surface area contributed by atoms with Gasteiger partial charge in [0.15, 0.2) is 0 Å². The van der Waals surface area contributed by atoms with E-state index in [4.69, 9.17) is 13.3 Å². The lowest BCUT2D eigenvalue weighted by Crippen LogP contribution is -2.52. The smallest absolute Gasteiger partial charge is 0.351 e. The summed E-state index contributed by atoms with van der Waals surface area (Å²) < 4.78 is 56.4. The first-order chi connectivity index (χ1) is 7.51. The van der Waals surface area contributed by atoms with Crippen molar-refractivity contribution in [3.8, 4) is 0 Å². The SMILES string of the molecule is CCO[Si](OCC)(OCC)OC(F)C(F)F. The average Bonchev–Trinajstić information content (AvgIpc) is 2.18. The summed E-state index contributed by atoms with van der Waals surface area (Å²) in [6.07, 6.45) is -6.02. The third kappa shape index (κ3) is 5.26. The molecule has 98 valence electrons. The Labute approximate surface area is 94.1 Å². The first-order valence-corrected chi connectivity index (χ1v) is 6.66. The van der Waals surface area contributed by atoms with Crippen LogP contribution in [0.3, 0.4) is 0 Å². The van der Waals surface area contributed by atoms with E-state index >= 15 is 0 Å². The van der Waals surface area contributed by atoms with Crippen molar-refractivity contribution in [2.24, 2.45) is 0 Å². The summed E-state index contributed by atoms with van der Waals surface area (Å²) in [4.78, 5) is 0. The highest BCUT2D eigenvalue weighted by Crippen LogP contribution is 2.18. The van der Waals surface area contributed by atoms with Gasteiger partial charge in [-0.25, -0.2) is 13.2 Å². The molecule has 0 heterocycles. The summed E-state index contributed by atoms with van der Waals surface area (Å²) >= 11 is 0. The van der Waals surface area contributed by atoms with E-state index in [-0.39, 0.29) is 19.8 Å². The van der Waals surface area contributed by atoms with Gasteiger partial charge in [-0.1, -0.05) is 0 Å². The van der Waals surface area contributed by atoms with Crippen molar-refractivity contribution in [1.82, 2.24) is 0 Å². The molecule has 0 aromatic rings. The minimum Gasteiger partial charge on any atom is -0.351 e. The van der Waals surface area contributed by atoms with E-state index in [1.54, 1.807) is 20.8 Å². The van der Waals surface area contributed by atoms with Crippen LogP contribution >= 0.6 is 0 Å². The van der Waals surface area contributed by atoms with E-state index in [1.165, 1.54) is 0 Å². The van der Waals surface area contributed by atoms with Gasteiger partial charge in [-0.05, 0) is 20.8 Å². The molecule has 0 aliphatic heterocycles. The predicted molar refractivity (Wildman–Crippen MR) is 52.6 cm³/mol. The van der Waals surface area contributed by atoms with Crippen molar-refractivity contribution >= 4 is 9.05 Å². The van der Waals surface area contributed by atoms with E-state index in [1.807, 2.05) is 0 Å². The summed E-state index contributed by atoms with van der Waals surface area (Å²) in [7, 11) is -3.78. The third-order valence-corrected chi connectivity index (χ3v) is 3.86. The quantitative estimate of drug-likeness (QED) is 0.596. The van der Waals surface area contributed by atoms with Gasteiger partial charge in [0.1, 0.15) is 0 Å². The third-order valence-electron chi connectivity index (χ3n) is 1.42. The lowest BCUT2D eigenvalue weighted by Gasteiger charge is -2.27. The van der Waals surface area contributed by atoms with Crippen molar-refractivity contribution in [1.29, 1.82) is 0 Å². The van der Waals surface area contributed by atoms with Gasteiger partial charge in [-0.2, -0.15) is 0 Å². The molecule has 0 saturated carbocycles. The van der Waals surface area contributed by atoms with E-state index in [0.29, 0.717) is 0 Å². The number of halogens is 3. The topological polar surface area (TPSA) is 36.9 Å². The summed E-state index contributed by atoms with van der Waals surface area (Å²) in [6.45, 7) is 5.21. The van der Waals surface area contributed by atoms with E-state index in [2.05, 4.69) is 4.43 Å². The molecule has 16 heavy (non-hydrogen) atoms. The zero-order valence-electron chi connectivity index (χ0n) is 9.54. The predicted octanol–water partition coefficient (Wildman–Crippen LogP) is 2.11. The molecule has 0 N–H and O–H groups in total. The monoisotopic (exact) mass is 262 g/mol. The van der Waals surface area contributed by atoms with Gasteiger partial charge >= 0.3 is 9.05 Å². The number of hydrogen-bond acceptors (Lipinski definition) is 4. The van der Waals surface area contributed by atoms with Crippen LogP contribution in [0.5, 0.6) is 0 Å². The van der Waals surface area contributed by atoms with Crippen molar-refractivity contribution in [3.05, 3.63) is 0 Å². The maximum atomic E-state index is 12.8. The van der Waals surface area contributed by atoms with E-state index in [9.17, 15) is 13.2 Å². The highest BCUT2D eigenvalue weighted by atomic mass is 28.4. The van der Waals surface area contributed by atoms with Gasteiger partial charge in [0.2, 0.25) is 0 Å². The molecule has 0 aromatic heterocycles. The molecular formula is C8H17F3O4Si. The molecule has 0 aliphatic rings. The van der Waals surface area contributed by atoms with Gasteiger partial charge in [-0.3, -0.25) is 0 Å². The molecule has 0 aromatic carbocycles. The minimum atomic E-state index is -3.78. The largest absolute Gasteiger partial charge is 0.682 e. The summed E-state index contributed by atoms with van der Waals surface area (Å²) in [5.41, 5.74) is 0. The Morgan fingerprint density at radius 3 is 1.50 bits per heavy atom. The second kappa shape index (κ2) is 8.01. The van der Waals surface area contributed by atoms with Crippen molar-refractivity contribution < 1.29 is 30.9 Å². The summed E-state index contributed by atoms with van der Waals surface area (Å²) in [6, 6.07) is 0. The van der Waals surface area contributed by atoms with Crippen molar-refractivity contribution in [2.75, 3.05) is 19.8 Å². The van der Waals surface area contributed by atoms with Gasteiger partial charge in [-0.15, -0.1) is 0 Å². The van der Waals surface area contributed by atoms with Crippen LogP contribution in [0.2, 0.25) is 0 Å². The normalized spacial score (nSPS) is 14.4. The fourth-order valence-corrected chi connectivity index (χ4v) is 2.84. The van der Waals surface area contributed by atoms with Crippen molar-refractivity contribution in [2.45, 2.75) is 33.6 Å². The van der Waals surface area contributed by atoms with Crippen molar-refractivity contribution in [3.63, 3.8) is 0 Å². The van der Waals surface area contributed by atoms with Gasteiger partial charge in [0.05, 0.1) is 0 Å². The first-order valence-electron chi connectivity index (χ1n) is 5.03. The fraction of sp³-hybridized carbons (Fsp3) is 1.00. The van der Waals surface area contributed by atoms with Crippen LogP contribution in [0.15, 0.2) is 0 Å². The zero-order valence-corrected chi connectivity index (χ0v) is 10.5. The molecule has 0 saturated heterocycles. The van der Waals surface area contributed by atoms with E-state index in [0.717, 1.165) is 0 Å². The molecule has 0 spiro atoms. The Morgan fingerprint density at radius 1 is 0.875 bits per heavy atom. The van der Waals surface area contributed by atoms with Crippen LogP contribution in [-0.2, 0) is 17.7 Å². The Bertz CT molecular complexity index is 168. The fourth-order valence-electron chi connectivity index (χ4n) is 0.947. The molecular weight excluding hydrogens is 245 g/mol. The Kier molecular flexibility index (Phi) is 7.94. The molecule has 8 heteroatoms. The Balaban J connectivity index is 4.57. The van der Waals surface area contributed by atoms with Gasteiger partial charge in [0, 0.05) is 19.8 Å². The molecule has 0 rings (SSSR count). The van der Waals surface area contributed by atoms with Crippen LogP contribution in [-0.4, -0.2) is 41.7 Å². The molecule has 1 atom stereocenters.